The number of hydrogen-bond acceptors (Lipinski definition) is 12. The zero-order chi connectivity index (χ0) is 24.8. The predicted molar refractivity (Wildman–Crippen MR) is 103 cm³/mol. The summed E-state index contributed by atoms with van der Waals surface area (Å²) in [6.45, 7) is 1.40. The molecule has 186 valence electrons. The molecule has 0 amide bonds. The second-order valence-electron chi connectivity index (χ2n) is 6.67. The van der Waals surface area contributed by atoms with Crippen molar-refractivity contribution in [3.8, 4) is 0 Å². The van der Waals surface area contributed by atoms with Gasteiger partial charge in [-0.25, -0.2) is 23.7 Å². The van der Waals surface area contributed by atoms with Crippen molar-refractivity contribution in [2.75, 3.05) is 0 Å². The number of hydrogen-bond donors (Lipinski definition) is 7. The minimum absolute atomic E-state index is 0.00316. The van der Waals surface area contributed by atoms with Gasteiger partial charge in [-0.2, -0.15) is 8.62 Å². The first kappa shape index (κ1) is 26.2. The molecule has 21 heteroatoms. The molecule has 0 saturated carbocycles. The zero-order valence-electron chi connectivity index (χ0n) is 16.4. The average molecular weight is 536 g/mol. The Morgan fingerprint density at radius 2 is 1.79 bits per heavy atom. The highest BCUT2D eigenvalue weighted by Crippen LogP contribution is 2.66. The van der Waals surface area contributed by atoms with Crippen LogP contribution in [0.4, 0.5) is 0 Å². The van der Waals surface area contributed by atoms with E-state index < -0.39 is 59.7 Å². The molecular weight excluding hydrogens is 517 g/mol. The van der Waals surface area contributed by atoms with E-state index in [2.05, 4.69) is 23.6 Å². The van der Waals surface area contributed by atoms with E-state index in [0.717, 1.165) is 17.2 Å². The van der Waals surface area contributed by atoms with Crippen LogP contribution in [0.2, 0.25) is 0 Å². The summed E-state index contributed by atoms with van der Waals surface area (Å²) in [7, 11) is -16.9. The number of H-pyrrole nitrogens is 1. The molecule has 3 unspecified atom stereocenters. The van der Waals surface area contributed by atoms with Gasteiger partial charge in [-0.3, -0.25) is 13.9 Å². The Kier molecular flexibility index (Phi) is 7.44. The summed E-state index contributed by atoms with van der Waals surface area (Å²) in [5, 5.41) is 20.9. The quantitative estimate of drug-likeness (QED) is 0.187. The van der Waals surface area contributed by atoms with E-state index >= 15 is 0 Å². The van der Waals surface area contributed by atoms with E-state index in [1.807, 2.05) is 0 Å². The molecule has 2 aromatic heterocycles. The molecule has 0 aromatic carbocycles. The third-order valence-electron chi connectivity index (χ3n) is 4.37. The Morgan fingerprint density at radius 1 is 1.12 bits per heavy atom. The second kappa shape index (κ2) is 9.36. The van der Waals surface area contributed by atoms with Crippen LogP contribution in [0.15, 0.2) is 17.4 Å². The van der Waals surface area contributed by atoms with Crippen molar-refractivity contribution in [3.05, 3.63) is 23.0 Å². The molecule has 7 atom stereocenters. The Hall–Kier alpha value is -1.36. The van der Waals surface area contributed by atoms with E-state index in [-0.39, 0.29) is 17.6 Å². The summed E-state index contributed by atoms with van der Waals surface area (Å²) < 4.78 is 53.1. The standard InChI is InChI=1S/C12H19N4O14P3/c1-2-5(28-32(23,24)30-33(25,26)29-31(20,21)22)9-7(17)8(18)12(27-9)16-4-15-6-10(16)13-3-14-11(6)19/h3-5,7-9,12,17-18H,2H2,1H3,(H,23,24)(H,25,26)(H,13,14,19)(H2,20,21,22)/t5?,7-,8+,9+,12+/m0/s1. The fourth-order valence-corrected chi connectivity index (χ4v) is 6.38. The number of nitrogens with one attached hydrogen (secondary N) is 1. The molecular formula is C12H19N4O14P3. The van der Waals surface area contributed by atoms with Crippen LogP contribution < -0.4 is 5.56 Å². The molecule has 0 radical (unpaired) electrons. The fourth-order valence-electron chi connectivity index (χ4n) is 3.11. The summed E-state index contributed by atoms with van der Waals surface area (Å²) in [6.07, 6.45) is -5.81. The van der Waals surface area contributed by atoms with Gasteiger partial charge < -0.3 is 39.5 Å². The SMILES string of the molecule is CCC(OP(=O)(O)OP(=O)(O)OP(=O)(O)O)[C@H]1O[C@@H](n2cnc3c(=O)[nH]cnc32)[C@H](O)[C@@H]1O. The number of aliphatic hydroxyl groups is 2. The number of phosphoric acid groups is 3. The largest absolute Gasteiger partial charge is 0.490 e. The van der Waals surface area contributed by atoms with E-state index in [4.69, 9.17) is 19.0 Å². The number of aliphatic hydroxyl groups excluding tert-OH is 2. The van der Waals surface area contributed by atoms with Crippen LogP contribution in [0.3, 0.4) is 0 Å². The fraction of sp³-hybridized carbons (Fsp3) is 0.583. The molecule has 18 nitrogen and oxygen atoms in total. The summed E-state index contributed by atoms with van der Waals surface area (Å²) in [5.41, 5.74) is -0.675. The Balaban J connectivity index is 1.80. The van der Waals surface area contributed by atoms with Crippen LogP contribution in [-0.4, -0.2) is 73.7 Å². The summed E-state index contributed by atoms with van der Waals surface area (Å²) >= 11 is 0. The monoisotopic (exact) mass is 536 g/mol. The van der Waals surface area contributed by atoms with Crippen LogP contribution in [-0.2, 0) is 31.6 Å². The van der Waals surface area contributed by atoms with E-state index in [1.54, 1.807) is 0 Å². The molecule has 1 saturated heterocycles. The lowest BCUT2D eigenvalue weighted by molar-refractivity contribution is -0.0814. The molecule has 1 aliphatic rings. The maximum Gasteiger partial charge on any atom is 0.490 e. The highest BCUT2D eigenvalue weighted by atomic mass is 31.3. The van der Waals surface area contributed by atoms with Gasteiger partial charge in [-0.15, -0.1) is 0 Å². The van der Waals surface area contributed by atoms with E-state index in [9.17, 15) is 38.5 Å². The van der Waals surface area contributed by atoms with Crippen LogP contribution >= 0.6 is 23.5 Å². The Labute approximate surface area is 183 Å². The summed E-state index contributed by atoms with van der Waals surface area (Å²) in [5.74, 6) is 0. The van der Waals surface area contributed by atoms with Crippen LogP contribution in [0, 0.1) is 0 Å². The smallest absolute Gasteiger partial charge is 0.387 e. The van der Waals surface area contributed by atoms with Gasteiger partial charge in [-0.05, 0) is 6.42 Å². The van der Waals surface area contributed by atoms with Gasteiger partial charge in [0.2, 0.25) is 0 Å². The van der Waals surface area contributed by atoms with E-state index in [0.29, 0.717) is 0 Å². The normalized spacial score (nSPS) is 28.5. The lowest BCUT2D eigenvalue weighted by Crippen LogP contribution is -2.39. The highest BCUT2D eigenvalue weighted by molar-refractivity contribution is 7.66. The molecule has 0 bridgehead atoms. The van der Waals surface area contributed by atoms with Gasteiger partial charge >= 0.3 is 23.5 Å². The topological polar surface area (TPSA) is 273 Å². The van der Waals surface area contributed by atoms with Crippen molar-refractivity contribution in [1.29, 1.82) is 0 Å². The Morgan fingerprint density at radius 3 is 2.39 bits per heavy atom. The van der Waals surface area contributed by atoms with Gasteiger partial charge in [0.05, 0.1) is 18.8 Å². The number of rotatable bonds is 9. The molecule has 1 fully saturated rings. The third kappa shape index (κ3) is 6.01. The average Bonchev–Trinajstić information content (AvgIpc) is 3.20. The molecule has 2 aromatic rings. The van der Waals surface area contributed by atoms with Crippen LogP contribution in [0.25, 0.3) is 11.2 Å². The molecule has 3 rings (SSSR count). The second-order valence-corrected chi connectivity index (χ2v) is 11.0. The molecule has 3 heterocycles. The zero-order valence-corrected chi connectivity index (χ0v) is 19.1. The summed E-state index contributed by atoms with van der Waals surface area (Å²) in [6, 6.07) is 0. The number of aromatic amines is 1. The van der Waals surface area contributed by atoms with Gasteiger partial charge in [0.25, 0.3) is 5.56 Å². The van der Waals surface area contributed by atoms with Gasteiger partial charge in [-0.1, -0.05) is 6.92 Å². The molecule has 0 aliphatic carbocycles. The third-order valence-corrected chi connectivity index (χ3v) is 8.23. The van der Waals surface area contributed by atoms with Crippen molar-refractivity contribution < 1.29 is 61.4 Å². The van der Waals surface area contributed by atoms with Crippen molar-refractivity contribution in [2.45, 2.75) is 44.0 Å². The lowest BCUT2D eigenvalue weighted by atomic mass is 10.0. The summed E-state index contributed by atoms with van der Waals surface area (Å²) in [4.78, 5) is 58.1. The van der Waals surface area contributed by atoms with Crippen molar-refractivity contribution in [1.82, 2.24) is 19.5 Å². The first-order chi connectivity index (χ1) is 15.1. The minimum atomic E-state index is -5.75. The Bertz CT molecular complexity index is 1210. The maximum absolute atomic E-state index is 12.1. The number of ether oxygens (including phenoxy) is 1. The molecule has 0 spiro atoms. The number of aromatic nitrogens is 4. The highest BCUT2D eigenvalue weighted by Gasteiger charge is 2.50. The van der Waals surface area contributed by atoms with E-state index in [1.165, 1.54) is 6.92 Å². The molecule has 33 heavy (non-hydrogen) atoms. The van der Waals surface area contributed by atoms with Crippen molar-refractivity contribution >= 4 is 34.6 Å². The van der Waals surface area contributed by atoms with Gasteiger partial charge in [0.1, 0.15) is 18.3 Å². The lowest BCUT2D eigenvalue weighted by Gasteiger charge is -2.26. The minimum Gasteiger partial charge on any atom is -0.387 e. The van der Waals surface area contributed by atoms with Crippen molar-refractivity contribution in [3.63, 3.8) is 0 Å². The molecule has 1 aliphatic heterocycles. The van der Waals surface area contributed by atoms with Crippen LogP contribution in [0.5, 0.6) is 0 Å². The number of nitrogens with zero attached hydrogens (tertiary/aromatic N) is 3. The number of fused-ring (bicyclic) bond motifs is 1. The number of phosphoric ester groups is 1. The first-order valence-electron chi connectivity index (χ1n) is 8.88. The number of imidazole rings is 1. The van der Waals surface area contributed by atoms with Crippen molar-refractivity contribution in [2.24, 2.45) is 0 Å². The molecule has 7 N–H and O–H groups in total. The first-order valence-corrected chi connectivity index (χ1v) is 13.4. The predicted octanol–water partition coefficient (Wildman–Crippen LogP) is -1.14. The van der Waals surface area contributed by atoms with Gasteiger partial charge in [0, 0.05) is 0 Å². The van der Waals surface area contributed by atoms with Crippen LogP contribution in [0.1, 0.15) is 19.6 Å². The van der Waals surface area contributed by atoms with Gasteiger partial charge in [0.15, 0.2) is 17.4 Å². The maximum atomic E-state index is 12.1.